The quantitative estimate of drug-likeness (QED) is 0.485. The lowest BCUT2D eigenvalue weighted by atomic mass is 9.94. The summed E-state index contributed by atoms with van der Waals surface area (Å²) >= 11 is 4.39. The van der Waals surface area contributed by atoms with Crippen molar-refractivity contribution in [2.75, 3.05) is 0 Å². The van der Waals surface area contributed by atoms with E-state index in [0.29, 0.717) is 0 Å². The molecular formula is C10H13NS. The lowest BCUT2D eigenvalue weighted by molar-refractivity contribution is 0.702. The van der Waals surface area contributed by atoms with Gasteiger partial charge in [-0.1, -0.05) is 6.08 Å². The van der Waals surface area contributed by atoms with Crippen LogP contribution in [-0.4, -0.2) is 0 Å². The molecule has 1 aliphatic rings. The highest BCUT2D eigenvalue weighted by atomic mass is 32.1. The minimum absolute atomic E-state index is 0.805. The van der Waals surface area contributed by atoms with Gasteiger partial charge < -0.3 is 0 Å². The van der Waals surface area contributed by atoms with Gasteiger partial charge in [-0.05, 0) is 43.1 Å². The van der Waals surface area contributed by atoms with E-state index in [1.165, 1.54) is 12.8 Å². The highest BCUT2D eigenvalue weighted by molar-refractivity contribution is 7.84. The van der Waals surface area contributed by atoms with Crippen molar-refractivity contribution >= 4 is 12.6 Å². The van der Waals surface area contributed by atoms with E-state index >= 15 is 0 Å². The zero-order valence-electron chi connectivity index (χ0n) is 7.30. The Bertz CT molecular complexity index is 268. The Balaban J connectivity index is 2.93. The number of nitriles is 1. The van der Waals surface area contributed by atoms with Crippen LogP contribution in [0.5, 0.6) is 0 Å². The van der Waals surface area contributed by atoms with E-state index in [0.717, 1.165) is 28.9 Å². The van der Waals surface area contributed by atoms with Crippen molar-refractivity contribution in [3.63, 3.8) is 0 Å². The molecule has 0 aromatic heterocycles. The van der Waals surface area contributed by atoms with Crippen LogP contribution in [0.15, 0.2) is 22.1 Å². The van der Waals surface area contributed by atoms with E-state index in [1.54, 1.807) is 0 Å². The predicted molar refractivity (Wildman–Crippen MR) is 53.9 cm³/mol. The Morgan fingerprint density at radius 1 is 1.50 bits per heavy atom. The van der Waals surface area contributed by atoms with Gasteiger partial charge in [-0.25, -0.2) is 0 Å². The summed E-state index contributed by atoms with van der Waals surface area (Å²) in [7, 11) is 0. The van der Waals surface area contributed by atoms with Crippen LogP contribution in [0.4, 0.5) is 0 Å². The molecule has 0 unspecified atom stereocenters. The minimum Gasteiger partial charge on any atom is -0.192 e. The fraction of sp³-hybridized carbons (Fsp3) is 0.500. The molecular weight excluding hydrogens is 166 g/mol. The van der Waals surface area contributed by atoms with Crippen LogP contribution >= 0.6 is 12.6 Å². The van der Waals surface area contributed by atoms with E-state index < -0.39 is 0 Å². The van der Waals surface area contributed by atoms with Gasteiger partial charge in [-0.2, -0.15) is 5.26 Å². The molecule has 0 spiro atoms. The molecule has 0 fully saturated rings. The lowest BCUT2D eigenvalue weighted by Crippen LogP contribution is -1.97. The van der Waals surface area contributed by atoms with Gasteiger partial charge in [0.25, 0.3) is 0 Å². The first-order valence-corrected chi connectivity index (χ1v) is 4.72. The Morgan fingerprint density at radius 3 is 2.67 bits per heavy atom. The first kappa shape index (κ1) is 9.41. The topological polar surface area (TPSA) is 23.8 Å². The molecule has 0 saturated heterocycles. The summed E-state index contributed by atoms with van der Waals surface area (Å²) in [4.78, 5) is 1.11. The third kappa shape index (κ3) is 1.92. The van der Waals surface area contributed by atoms with Gasteiger partial charge in [-0.15, -0.1) is 12.6 Å². The van der Waals surface area contributed by atoms with Crippen molar-refractivity contribution in [1.29, 1.82) is 5.26 Å². The standard InChI is InChI=1S/C10H13NS/c1-2-8(7-11)9-5-3-4-6-10(9)12/h2,12H,3-6H2,1H3/b8-2-. The third-order valence-electron chi connectivity index (χ3n) is 2.17. The smallest absolute Gasteiger partial charge is 0.0991 e. The van der Waals surface area contributed by atoms with Gasteiger partial charge in [0.2, 0.25) is 0 Å². The molecule has 0 aliphatic heterocycles. The number of rotatable bonds is 1. The molecule has 1 nitrogen and oxygen atoms in total. The third-order valence-corrected chi connectivity index (χ3v) is 2.67. The predicted octanol–water partition coefficient (Wildman–Crippen LogP) is 3.21. The maximum atomic E-state index is 8.81. The van der Waals surface area contributed by atoms with Crippen molar-refractivity contribution in [2.24, 2.45) is 0 Å². The normalized spacial score (nSPS) is 19.2. The zero-order chi connectivity index (χ0) is 8.97. The molecule has 1 rings (SSSR count). The summed E-state index contributed by atoms with van der Waals surface area (Å²) in [5.41, 5.74) is 1.97. The highest BCUT2D eigenvalue weighted by Gasteiger charge is 2.12. The molecule has 0 aromatic carbocycles. The zero-order valence-corrected chi connectivity index (χ0v) is 8.19. The molecule has 0 bridgehead atoms. The van der Waals surface area contributed by atoms with Gasteiger partial charge in [0.05, 0.1) is 11.6 Å². The van der Waals surface area contributed by atoms with Crippen molar-refractivity contribution in [2.45, 2.75) is 32.6 Å². The van der Waals surface area contributed by atoms with Crippen LogP contribution in [-0.2, 0) is 0 Å². The summed E-state index contributed by atoms with van der Waals surface area (Å²) in [6, 6.07) is 2.21. The first-order valence-electron chi connectivity index (χ1n) is 4.27. The molecule has 2 heteroatoms. The molecule has 0 saturated carbocycles. The average molecular weight is 179 g/mol. The maximum Gasteiger partial charge on any atom is 0.0991 e. The monoisotopic (exact) mass is 179 g/mol. The molecule has 64 valence electrons. The second kappa shape index (κ2) is 4.37. The lowest BCUT2D eigenvalue weighted by Gasteiger charge is -2.15. The fourth-order valence-electron chi connectivity index (χ4n) is 1.49. The summed E-state index contributed by atoms with van der Waals surface area (Å²) in [6.07, 6.45) is 6.34. The fourth-order valence-corrected chi connectivity index (χ4v) is 1.88. The summed E-state index contributed by atoms with van der Waals surface area (Å²) in [6.45, 7) is 1.90. The largest absolute Gasteiger partial charge is 0.192 e. The Morgan fingerprint density at radius 2 is 2.17 bits per heavy atom. The molecule has 0 heterocycles. The van der Waals surface area contributed by atoms with E-state index in [4.69, 9.17) is 5.26 Å². The van der Waals surface area contributed by atoms with E-state index in [-0.39, 0.29) is 0 Å². The molecule has 0 N–H and O–H groups in total. The molecule has 12 heavy (non-hydrogen) atoms. The molecule has 0 aromatic rings. The minimum atomic E-state index is 0.805. The molecule has 0 radical (unpaired) electrons. The van der Waals surface area contributed by atoms with Crippen LogP contribution in [0, 0.1) is 11.3 Å². The van der Waals surface area contributed by atoms with Crippen molar-refractivity contribution in [3.8, 4) is 6.07 Å². The Labute approximate surface area is 79.2 Å². The van der Waals surface area contributed by atoms with Crippen molar-refractivity contribution in [3.05, 3.63) is 22.1 Å². The first-order chi connectivity index (χ1) is 5.79. The van der Waals surface area contributed by atoms with Gasteiger partial charge >= 0.3 is 0 Å². The second-order valence-corrected chi connectivity index (χ2v) is 3.49. The molecule has 0 amide bonds. The van der Waals surface area contributed by atoms with Crippen LogP contribution < -0.4 is 0 Å². The number of nitrogens with zero attached hydrogens (tertiary/aromatic N) is 1. The Kier molecular flexibility index (Phi) is 3.43. The number of thiol groups is 1. The second-order valence-electron chi connectivity index (χ2n) is 2.95. The van der Waals surface area contributed by atoms with Gasteiger partial charge in [-0.3, -0.25) is 0 Å². The van der Waals surface area contributed by atoms with Gasteiger partial charge in [0.1, 0.15) is 0 Å². The van der Waals surface area contributed by atoms with Crippen molar-refractivity contribution in [1.82, 2.24) is 0 Å². The summed E-state index contributed by atoms with van der Waals surface area (Å²) in [5.74, 6) is 0. The van der Waals surface area contributed by atoms with Crippen LogP contribution in [0.1, 0.15) is 32.6 Å². The number of hydrogen-bond acceptors (Lipinski definition) is 2. The molecule has 0 atom stereocenters. The van der Waals surface area contributed by atoms with E-state index in [2.05, 4.69) is 18.7 Å². The maximum absolute atomic E-state index is 8.81. The van der Waals surface area contributed by atoms with Crippen LogP contribution in [0.2, 0.25) is 0 Å². The summed E-state index contributed by atoms with van der Waals surface area (Å²) in [5, 5.41) is 8.81. The van der Waals surface area contributed by atoms with Crippen LogP contribution in [0.25, 0.3) is 0 Å². The van der Waals surface area contributed by atoms with E-state index in [9.17, 15) is 0 Å². The van der Waals surface area contributed by atoms with Crippen LogP contribution in [0.3, 0.4) is 0 Å². The summed E-state index contributed by atoms with van der Waals surface area (Å²) < 4.78 is 0. The van der Waals surface area contributed by atoms with E-state index in [1.807, 2.05) is 13.0 Å². The van der Waals surface area contributed by atoms with Crippen molar-refractivity contribution < 1.29 is 0 Å². The highest BCUT2D eigenvalue weighted by Crippen LogP contribution is 2.31. The number of allylic oxidation sites excluding steroid dienone is 4. The molecule has 1 aliphatic carbocycles. The average Bonchev–Trinajstić information content (AvgIpc) is 2.10. The van der Waals surface area contributed by atoms with Gasteiger partial charge in [0.15, 0.2) is 0 Å². The number of hydrogen-bond donors (Lipinski definition) is 1. The SMILES string of the molecule is C/C=C(/C#N)C1=C(S)CCCC1. The Hall–Kier alpha value is -0.680. The van der Waals surface area contributed by atoms with Gasteiger partial charge in [0, 0.05) is 0 Å².